The Labute approximate surface area is 84.7 Å². The Balaban J connectivity index is 1.84. The summed E-state index contributed by atoms with van der Waals surface area (Å²) in [6, 6.07) is 0. The first-order valence-corrected chi connectivity index (χ1v) is 4.59. The van der Waals surface area contributed by atoms with E-state index in [-0.39, 0.29) is 13.1 Å². The van der Waals surface area contributed by atoms with Gasteiger partial charge in [-0.1, -0.05) is 0 Å². The lowest BCUT2D eigenvalue weighted by atomic mass is 10.00. The third kappa shape index (κ3) is 2.11. The first-order chi connectivity index (χ1) is 6.97. The Morgan fingerprint density at radius 3 is 2.60 bits per heavy atom. The van der Waals surface area contributed by atoms with Gasteiger partial charge in [0.15, 0.2) is 0 Å². The fourth-order valence-electron chi connectivity index (χ4n) is 1.56. The molecule has 0 atom stereocenters. The SMILES string of the molecule is Cn1cnnc1CN1CC(C(F)(F)F)C1. The van der Waals surface area contributed by atoms with Crippen LogP contribution in [0.1, 0.15) is 5.82 Å². The molecule has 1 aliphatic heterocycles. The summed E-state index contributed by atoms with van der Waals surface area (Å²) in [5, 5.41) is 7.48. The largest absolute Gasteiger partial charge is 0.394 e. The topological polar surface area (TPSA) is 34.0 Å². The molecule has 1 aromatic heterocycles. The molecule has 0 N–H and O–H groups in total. The maximum absolute atomic E-state index is 12.2. The first-order valence-electron chi connectivity index (χ1n) is 4.59. The molecular formula is C8H11F3N4. The molecule has 2 heterocycles. The number of likely N-dealkylation sites (tertiary alicyclic amines) is 1. The average Bonchev–Trinajstić information content (AvgIpc) is 2.40. The molecule has 0 aromatic carbocycles. The summed E-state index contributed by atoms with van der Waals surface area (Å²) in [4.78, 5) is 1.71. The van der Waals surface area contributed by atoms with Crippen molar-refractivity contribution in [2.24, 2.45) is 13.0 Å². The molecule has 1 aromatic rings. The van der Waals surface area contributed by atoms with Crippen molar-refractivity contribution in [3.63, 3.8) is 0 Å². The van der Waals surface area contributed by atoms with Crippen LogP contribution in [0.2, 0.25) is 0 Å². The summed E-state index contributed by atoms with van der Waals surface area (Å²) in [6.07, 6.45) is -2.52. The van der Waals surface area contributed by atoms with Gasteiger partial charge in [0.1, 0.15) is 12.2 Å². The molecule has 0 bridgehead atoms. The van der Waals surface area contributed by atoms with Crippen LogP contribution in [0.4, 0.5) is 13.2 Å². The molecule has 84 valence electrons. The Morgan fingerprint density at radius 1 is 1.47 bits per heavy atom. The van der Waals surface area contributed by atoms with E-state index < -0.39 is 12.1 Å². The fourth-order valence-corrected chi connectivity index (χ4v) is 1.56. The molecule has 1 aliphatic rings. The van der Waals surface area contributed by atoms with Gasteiger partial charge in [-0.15, -0.1) is 10.2 Å². The number of hydrogen-bond acceptors (Lipinski definition) is 3. The number of nitrogens with zero attached hydrogens (tertiary/aromatic N) is 4. The van der Waals surface area contributed by atoms with Crippen LogP contribution in [-0.4, -0.2) is 38.9 Å². The zero-order valence-electron chi connectivity index (χ0n) is 8.20. The second-order valence-electron chi connectivity index (χ2n) is 3.79. The van der Waals surface area contributed by atoms with E-state index in [0.29, 0.717) is 12.4 Å². The van der Waals surface area contributed by atoms with Crippen LogP contribution in [0, 0.1) is 5.92 Å². The van der Waals surface area contributed by atoms with Crippen molar-refractivity contribution in [2.75, 3.05) is 13.1 Å². The van der Waals surface area contributed by atoms with Crippen molar-refractivity contribution < 1.29 is 13.2 Å². The van der Waals surface area contributed by atoms with Crippen molar-refractivity contribution in [1.82, 2.24) is 19.7 Å². The Morgan fingerprint density at radius 2 is 2.13 bits per heavy atom. The van der Waals surface area contributed by atoms with Gasteiger partial charge >= 0.3 is 6.18 Å². The molecular weight excluding hydrogens is 209 g/mol. The average molecular weight is 220 g/mol. The van der Waals surface area contributed by atoms with Crippen LogP contribution in [0.3, 0.4) is 0 Å². The van der Waals surface area contributed by atoms with Crippen molar-refractivity contribution in [1.29, 1.82) is 0 Å². The predicted molar refractivity (Wildman–Crippen MR) is 45.8 cm³/mol. The minimum Gasteiger partial charge on any atom is -0.320 e. The van der Waals surface area contributed by atoms with Crippen LogP contribution in [0.15, 0.2) is 6.33 Å². The van der Waals surface area contributed by atoms with E-state index in [1.165, 1.54) is 6.33 Å². The minimum absolute atomic E-state index is 0.0658. The monoisotopic (exact) mass is 220 g/mol. The summed E-state index contributed by atoms with van der Waals surface area (Å²) >= 11 is 0. The number of alkyl halides is 3. The predicted octanol–water partition coefficient (Wildman–Crippen LogP) is 0.809. The molecule has 1 saturated heterocycles. The lowest BCUT2D eigenvalue weighted by Crippen LogP contribution is -2.52. The molecule has 0 aliphatic carbocycles. The third-order valence-electron chi connectivity index (χ3n) is 2.59. The summed E-state index contributed by atoms with van der Waals surface area (Å²) in [7, 11) is 1.77. The minimum atomic E-state index is -4.06. The van der Waals surface area contributed by atoms with Crippen LogP contribution in [0.5, 0.6) is 0 Å². The maximum atomic E-state index is 12.2. The fraction of sp³-hybridized carbons (Fsp3) is 0.750. The molecule has 0 spiro atoms. The highest BCUT2D eigenvalue weighted by atomic mass is 19.4. The standard InChI is InChI=1S/C8H11F3N4/c1-14-5-12-13-7(14)4-15-2-6(3-15)8(9,10)11/h5-6H,2-4H2,1H3. The van der Waals surface area contributed by atoms with E-state index in [1.54, 1.807) is 16.5 Å². The number of halogens is 3. The Kier molecular flexibility index (Phi) is 2.41. The quantitative estimate of drug-likeness (QED) is 0.739. The van der Waals surface area contributed by atoms with Gasteiger partial charge in [-0.25, -0.2) is 0 Å². The van der Waals surface area contributed by atoms with Gasteiger partial charge in [-0.3, -0.25) is 4.90 Å². The lowest BCUT2D eigenvalue weighted by Gasteiger charge is -2.39. The van der Waals surface area contributed by atoms with E-state index >= 15 is 0 Å². The van der Waals surface area contributed by atoms with Gasteiger partial charge < -0.3 is 4.57 Å². The van der Waals surface area contributed by atoms with Gasteiger partial charge in [0, 0.05) is 20.1 Å². The van der Waals surface area contributed by atoms with Gasteiger partial charge in [0.2, 0.25) is 0 Å². The van der Waals surface area contributed by atoms with E-state index in [1.807, 2.05) is 0 Å². The van der Waals surface area contributed by atoms with Crippen molar-refractivity contribution >= 4 is 0 Å². The third-order valence-corrected chi connectivity index (χ3v) is 2.59. The van der Waals surface area contributed by atoms with Gasteiger partial charge in [0.25, 0.3) is 0 Å². The van der Waals surface area contributed by atoms with E-state index in [0.717, 1.165) is 0 Å². The summed E-state index contributed by atoms with van der Waals surface area (Å²) in [5.41, 5.74) is 0. The van der Waals surface area contributed by atoms with Gasteiger partial charge in [-0.05, 0) is 0 Å². The van der Waals surface area contributed by atoms with Crippen LogP contribution in [-0.2, 0) is 13.6 Å². The number of aryl methyl sites for hydroxylation is 1. The summed E-state index contributed by atoms with van der Waals surface area (Å²) in [6.45, 7) is 0.565. The molecule has 15 heavy (non-hydrogen) atoms. The van der Waals surface area contributed by atoms with Crippen molar-refractivity contribution in [3.8, 4) is 0 Å². The zero-order chi connectivity index (χ0) is 11.1. The molecule has 0 unspecified atom stereocenters. The molecule has 0 amide bonds. The molecule has 0 radical (unpaired) electrons. The van der Waals surface area contributed by atoms with E-state index in [9.17, 15) is 13.2 Å². The lowest BCUT2D eigenvalue weighted by molar-refractivity contribution is -0.210. The first kappa shape index (κ1) is 10.4. The molecule has 0 saturated carbocycles. The second kappa shape index (κ2) is 3.48. The summed E-state index contributed by atoms with van der Waals surface area (Å²) in [5.74, 6) is -0.485. The highest BCUT2D eigenvalue weighted by molar-refractivity contribution is 4.91. The number of hydrogen-bond donors (Lipinski definition) is 0. The van der Waals surface area contributed by atoms with Crippen LogP contribution >= 0.6 is 0 Å². The van der Waals surface area contributed by atoms with E-state index in [4.69, 9.17) is 0 Å². The van der Waals surface area contributed by atoms with E-state index in [2.05, 4.69) is 10.2 Å². The van der Waals surface area contributed by atoms with Crippen LogP contribution < -0.4 is 0 Å². The molecule has 1 fully saturated rings. The Bertz CT molecular complexity index is 340. The van der Waals surface area contributed by atoms with Crippen LogP contribution in [0.25, 0.3) is 0 Å². The second-order valence-corrected chi connectivity index (χ2v) is 3.79. The van der Waals surface area contributed by atoms with Crippen molar-refractivity contribution in [3.05, 3.63) is 12.2 Å². The normalized spacial score (nSPS) is 19.2. The summed E-state index contributed by atoms with van der Waals surface area (Å²) < 4.78 is 38.2. The number of aromatic nitrogens is 3. The maximum Gasteiger partial charge on any atom is 0.394 e. The Hall–Kier alpha value is -1.11. The van der Waals surface area contributed by atoms with Crippen molar-refractivity contribution in [2.45, 2.75) is 12.7 Å². The highest BCUT2D eigenvalue weighted by Gasteiger charge is 2.47. The van der Waals surface area contributed by atoms with Gasteiger partial charge in [0.05, 0.1) is 12.5 Å². The molecule has 2 rings (SSSR count). The number of rotatable bonds is 2. The van der Waals surface area contributed by atoms with Gasteiger partial charge in [-0.2, -0.15) is 13.2 Å². The molecule has 4 nitrogen and oxygen atoms in total. The smallest absolute Gasteiger partial charge is 0.320 e. The molecule has 7 heteroatoms. The highest BCUT2D eigenvalue weighted by Crippen LogP contribution is 2.33. The zero-order valence-corrected chi connectivity index (χ0v) is 8.20.